The van der Waals surface area contributed by atoms with Crippen LogP contribution in [0.3, 0.4) is 0 Å². The van der Waals surface area contributed by atoms with Gasteiger partial charge in [0, 0.05) is 57.5 Å². The van der Waals surface area contributed by atoms with Crippen molar-refractivity contribution in [2.75, 3.05) is 52.3 Å². The Morgan fingerprint density at radius 3 is 3.00 bits per heavy atom. The molecule has 7 nitrogen and oxygen atoms in total. The lowest BCUT2D eigenvalue weighted by atomic mass is 10.1. The van der Waals surface area contributed by atoms with Crippen LogP contribution in [0.1, 0.15) is 37.1 Å². The summed E-state index contributed by atoms with van der Waals surface area (Å²) in [7, 11) is 5.49. The first-order chi connectivity index (χ1) is 15.0. The van der Waals surface area contributed by atoms with E-state index in [-0.39, 0.29) is 6.10 Å². The number of nitrogens with one attached hydrogen (secondary N) is 1. The summed E-state index contributed by atoms with van der Waals surface area (Å²) < 4.78 is 10.7. The molecule has 170 valence electrons. The van der Waals surface area contributed by atoms with Gasteiger partial charge in [-0.3, -0.25) is 4.99 Å². The molecule has 2 aromatic rings. The van der Waals surface area contributed by atoms with Crippen molar-refractivity contribution in [1.82, 2.24) is 15.2 Å². The predicted molar refractivity (Wildman–Crippen MR) is 128 cm³/mol. The largest absolute Gasteiger partial charge is 0.497 e. The van der Waals surface area contributed by atoms with Crippen molar-refractivity contribution < 1.29 is 9.47 Å². The number of thiazole rings is 1. The molecule has 1 saturated heterocycles. The van der Waals surface area contributed by atoms with E-state index in [9.17, 15) is 0 Å². The Labute approximate surface area is 190 Å². The molecule has 1 aliphatic heterocycles. The van der Waals surface area contributed by atoms with E-state index in [2.05, 4.69) is 52.7 Å². The maximum absolute atomic E-state index is 5.38. The van der Waals surface area contributed by atoms with Crippen LogP contribution in [0.15, 0.2) is 34.6 Å². The van der Waals surface area contributed by atoms with E-state index in [0.29, 0.717) is 5.92 Å². The van der Waals surface area contributed by atoms with Gasteiger partial charge in [-0.05, 0) is 38.3 Å². The molecule has 3 rings (SSSR count). The zero-order valence-electron chi connectivity index (χ0n) is 19.3. The summed E-state index contributed by atoms with van der Waals surface area (Å²) in [6.07, 6.45) is 1.18. The van der Waals surface area contributed by atoms with Crippen LogP contribution in [0.25, 0.3) is 0 Å². The molecule has 0 radical (unpaired) electrons. The van der Waals surface area contributed by atoms with Crippen molar-refractivity contribution in [3.63, 3.8) is 0 Å². The number of methoxy groups -OCH3 is 2. The van der Waals surface area contributed by atoms with Crippen molar-refractivity contribution >= 4 is 23.0 Å². The first kappa shape index (κ1) is 23.3. The monoisotopic (exact) mass is 445 g/mol. The molecule has 1 fully saturated rings. The van der Waals surface area contributed by atoms with Gasteiger partial charge < -0.3 is 24.6 Å². The van der Waals surface area contributed by atoms with Gasteiger partial charge in [-0.25, -0.2) is 4.98 Å². The van der Waals surface area contributed by atoms with Crippen LogP contribution in [0, 0.1) is 5.92 Å². The van der Waals surface area contributed by atoms with Crippen LogP contribution in [0.2, 0.25) is 0 Å². The number of aliphatic imine (C=N–C) groups is 1. The van der Waals surface area contributed by atoms with Gasteiger partial charge in [-0.15, -0.1) is 11.3 Å². The number of anilines is 1. The molecule has 0 bridgehead atoms. The lowest BCUT2D eigenvalue weighted by Crippen LogP contribution is -2.39. The molecule has 2 atom stereocenters. The zero-order chi connectivity index (χ0) is 22.2. The Bertz CT molecular complexity index is 856. The highest BCUT2D eigenvalue weighted by molar-refractivity contribution is 7.09. The molecule has 0 spiro atoms. The summed E-state index contributed by atoms with van der Waals surface area (Å²) in [5.41, 5.74) is 2.27. The topological polar surface area (TPSA) is 62.2 Å². The highest BCUT2D eigenvalue weighted by atomic mass is 32.1. The lowest BCUT2D eigenvalue weighted by molar-refractivity contribution is 0.119. The van der Waals surface area contributed by atoms with Crippen molar-refractivity contribution in [2.45, 2.75) is 32.9 Å². The number of guanidine groups is 1. The molecule has 1 aromatic carbocycles. The van der Waals surface area contributed by atoms with E-state index in [0.717, 1.165) is 61.6 Å². The third-order valence-corrected chi connectivity index (χ3v) is 6.62. The molecule has 31 heavy (non-hydrogen) atoms. The van der Waals surface area contributed by atoms with Gasteiger partial charge >= 0.3 is 0 Å². The van der Waals surface area contributed by atoms with Crippen LogP contribution < -0.4 is 15.0 Å². The minimum atomic E-state index is 0.0286. The van der Waals surface area contributed by atoms with E-state index in [1.807, 2.05) is 13.0 Å². The van der Waals surface area contributed by atoms with Crippen molar-refractivity contribution in [1.29, 1.82) is 0 Å². The molecular weight excluding hydrogens is 410 g/mol. The average Bonchev–Trinajstić information content (AvgIpc) is 3.46. The van der Waals surface area contributed by atoms with E-state index in [1.54, 1.807) is 25.6 Å². The fourth-order valence-corrected chi connectivity index (χ4v) is 4.55. The molecule has 1 aromatic heterocycles. The van der Waals surface area contributed by atoms with Crippen molar-refractivity contribution in [3.8, 4) is 5.75 Å². The Kier molecular flexibility index (Phi) is 8.54. The second kappa shape index (κ2) is 11.3. The lowest BCUT2D eigenvalue weighted by Gasteiger charge is -2.22. The minimum Gasteiger partial charge on any atom is -0.497 e. The maximum atomic E-state index is 5.38. The second-order valence-corrected chi connectivity index (χ2v) is 8.80. The van der Waals surface area contributed by atoms with Crippen LogP contribution in [-0.2, 0) is 11.3 Å². The number of aromatic nitrogens is 1. The summed E-state index contributed by atoms with van der Waals surface area (Å²) in [4.78, 5) is 14.2. The van der Waals surface area contributed by atoms with Gasteiger partial charge in [0.25, 0.3) is 0 Å². The van der Waals surface area contributed by atoms with Gasteiger partial charge in [0.15, 0.2) is 5.96 Å². The van der Waals surface area contributed by atoms with Gasteiger partial charge in [0.2, 0.25) is 0 Å². The summed E-state index contributed by atoms with van der Waals surface area (Å²) in [5, 5.41) is 6.54. The molecule has 1 aliphatic rings. The van der Waals surface area contributed by atoms with Gasteiger partial charge in [0.1, 0.15) is 16.9 Å². The standard InChI is InChI=1S/C23H35N5O2S/c1-6-24-23(27(3)15-19-16-31-22(26-19)17(2)29-4)25-13-18-10-11-28(14-18)20-8-7-9-21(12-20)30-5/h7-9,12,16-18H,6,10-11,13-15H2,1-5H3,(H,24,25). The first-order valence-corrected chi connectivity index (χ1v) is 11.8. The zero-order valence-corrected chi connectivity index (χ0v) is 20.1. The smallest absolute Gasteiger partial charge is 0.194 e. The van der Waals surface area contributed by atoms with E-state index in [1.165, 1.54) is 5.69 Å². The normalized spacial score (nSPS) is 17.6. The third-order valence-electron chi connectivity index (χ3n) is 5.57. The highest BCUT2D eigenvalue weighted by Crippen LogP contribution is 2.27. The van der Waals surface area contributed by atoms with Crippen LogP contribution in [-0.4, -0.2) is 63.3 Å². The fourth-order valence-electron chi connectivity index (χ4n) is 3.71. The molecule has 8 heteroatoms. The Morgan fingerprint density at radius 2 is 2.26 bits per heavy atom. The quantitative estimate of drug-likeness (QED) is 0.468. The van der Waals surface area contributed by atoms with E-state index in [4.69, 9.17) is 19.5 Å². The highest BCUT2D eigenvalue weighted by Gasteiger charge is 2.23. The number of hydrogen-bond acceptors (Lipinski definition) is 6. The minimum absolute atomic E-state index is 0.0286. The predicted octanol–water partition coefficient (Wildman–Crippen LogP) is 3.78. The van der Waals surface area contributed by atoms with Gasteiger partial charge in [-0.1, -0.05) is 6.07 Å². The van der Waals surface area contributed by atoms with Crippen LogP contribution in [0.5, 0.6) is 5.75 Å². The molecule has 1 N–H and O–H groups in total. The first-order valence-electron chi connectivity index (χ1n) is 10.9. The number of rotatable bonds is 9. The van der Waals surface area contributed by atoms with Gasteiger partial charge in [-0.2, -0.15) is 0 Å². The third kappa shape index (κ3) is 6.33. The molecule has 0 aliphatic carbocycles. The number of nitrogens with zero attached hydrogens (tertiary/aromatic N) is 4. The van der Waals surface area contributed by atoms with Crippen molar-refractivity contribution in [3.05, 3.63) is 40.3 Å². The molecular formula is C23H35N5O2S. The Morgan fingerprint density at radius 1 is 1.42 bits per heavy atom. The molecule has 2 unspecified atom stereocenters. The number of benzene rings is 1. The molecule has 0 saturated carbocycles. The summed E-state index contributed by atoms with van der Waals surface area (Å²) in [6.45, 7) is 8.57. The molecule has 0 amide bonds. The van der Waals surface area contributed by atoms with E-state index < -0.39 is 0 Å². The van der Waals surface area contributed by atoms with Gasteiger partial charge in [0.05, 0.1) is 19.3 Å². The Balaban J connectivity index is 1.58. The maximum Gasteiger partial charge on any atom is 0.194 e. The summed E-state index contributed by atoms with van der Waals surface area (Å²) >= 11 is 1.65. The number of ether oxygens (including phenoxy) is 2. The average molecular weight is 446 g/mol. The fraction of sp³-hybridized carbons (Fsp3) is 0.565. The SMILES string of the molecule is CCNC(=NCC1CCN(c2cccc(OC)c2)C1)N(C)Cc1csc(C(C)OC)n1. The van der Waals surface area contributed by atoms with Crippen LogP contribution in [0.4, 0.5) is 5.69 Å². The molecule has 2 heterocycles. The van der Waals surface area contributed by atoms with Crippen molar-refractivity contribution in [2.24, 2.45) is 10.9 Å². The number of hydrogen-bond donors (Lipinski definition) is 1. The Hall–Kier alpha value is -2.32. The van der Waals surface area contributed by atoms with Crippen LogP contribution >= 0.6 is 11.3 Å². The second-order valence-electron chi connectivity index (χ2n) is 7.91. The van der Waals surface area contributed by atoms with E-state index >= 15 is 0 Å². The summed E-state index contributed by atoms with van der Waals surface area (Å²) in [6, 6.07) is 8.30. The summed E-state index contributed by atoms with van der Waals surface area (Å²) in [5.74, 6) is 2.37.